The van der Waals surface area contributed by atoms with Crippen molar-refractivity contribution in [3.05, 3.63) is 51.7 Å². The maximum Gasteiger partial charge on any atom is 0.119 e. The summed E-state index contributed by atoms with van der Waals surface area (Å²) in [6.07, 6.45) is 0. The van der Waals surface area contributed by atoms with E-state index < -0.39 is 0 Å². The molecule has 1 heterocycles. The molecule has 1 aromatic heterocycles. The molecule has 0 aliphatic rings. The van der Waals surface area contributed by atoms with Crippen LogP contribution in [-0.2, 0) is 0 Å². The van der Waals surface area contributed by atoms with Crippen molar-refractivity contribution in [2.75, 3.05) is 6.61 Å². The maximum atomic E-state index is 5.67. The number of hydrogen-bond acceptors (Lipinski definition) is 4. The van der Waals surface area contributed by atoms with Gasteiger partial charge in [0.1, 0.15) is 5.75 Å². The van der Waals surface area contributed by atoms with E-state index in [-0.39, 0.29) is 6.04 Å². The van der Waals surface area contributed by atoms with E-state index in [1.807, 2.05) is 31.2 Å². The fraction of sp³-hybridized carbons (Fsp3) is 0.286. The summed E-state index contributed by atoms with van der Waals surface area (Å²) in [5.41, 5.74) is 4.01. The average Bonchev–Trinajstić information content (AvgIpc) is 2.79. The molecule has 2 aromatic rings. The Balaban J connectivity index is 2.22. The van der Waals surface area contributed by atoms with Gasteiger partial charge in [0.25, 0.3) is 0 Å². The van der Waals surface area contributed by atoms with Crippen molar-refractivity contribution in [3.8, 4) is 5.75 Å². The minimum Gasteiger partial charge on any atom is -0.494 e. The van der Waals surface area contributed by atoms with Crippen molar-refractivity contribution in [1.29, 1.82) is 0 Å². The summed E-state index contributed by atoms with van der Waals surface area (Å²) in [7, 11) is 0. The van der Waals surface area contributed by atoms with Crippen LogP contribution in [0.3, 0.4) is 0 Å². The van der Waals surface area contributed by atoms with Crippen LogP contribution in [0.5, 0.6) is 5.75 Å². The lowest BCUT2D eigenvalue weighted by atomic mass is 10.1. The highest BCUT2D eigenvalue weighted by Crippen LogP contribution is 2.28. The van der Waals surface area contributed by atoms with E-state index in [0.29, 0.717) is 6.61 Å². The van der Waals surface area contributed by atoms with Gasteiger partial charge in [-0.1, -0.05) is 12.1 Å². The van der Waals surface area contributed by atoms with E-state index in [1.165, 1.54) is 9.75 Å². The third-order valence-corrected chi connectivity index (χ3v) is 3.80. The van der Waals surface area contributed by atoms with Gasteiger partial charge in [-0.25, -0.2) is 5.43 Å². The molecule has 18 heavy (non-hydrogen) atoms. The van der Waals surface area contributed by atoms with Gasteiger partial charge in [-0.2, -0.15) is 0 Å². The van der Waals surface area contributed by atoms with Crippen LogP contribution in [0, 0.1) is 6.92 Å². The van der Waals surface area contributed by atoms with Crippen molar-refractivity contribution in [3.63, 3.8) is 0 Å². The van der Waals surface area contributed by atoms with Gasteiger partial charge < -0.3 is 4.74 Å². The average molecular weight is 262 g/mol. The van der Waals surface area contributed by atoms with Crippen molar-refractivity contribution in [1.82, 2.24) is 5.43 Å². The van der Waals surface area contributed by atoms with Crippen molar-refractivity contribution in [2.24, 2.45) is 5.84 Å². The molecular weight excluding hydrogens is 244 g/mol. The molecule has 96 valence electrons. The van der Waals surface area contributed by atoms with Gasteiger partial charge in [0, 0.05) is 9.75 Å². The Morgan fingerprint density at radius 2 is 1.94 bits per heavy atom. The molecule has 4 heteroatoms. The lowest BCUT2D eigenvalue weighted by Crippen LogP contribution is -2.28. The van der Waals surface area contributed by atoms with E-state index in [9.17, 15) is 0 Å². The van der Waals surface area contributed by atoms with E-state index in [4.69, 9.17) is 10.6 Å². The molecule has 3 nitrogen and oxygen atoms in total. The summed E-state index contributed by atoms with van der Waals surface area (Å²) in [6.45, 7) is 4.76. The molecule has 0 saturated heterocycles. The number of benzene rings is 1. The molecular formula is C14H18N2OS. The van der Waals surface area contributed by atoms with Crippen LogP contribution < -0.4 is 16.0 Å². The Kier molecular flexibility index (Phi) is 4.36. The van der Waals surface area contributed by atoms with Crippen LogP contribution in [-0.4, -0.2) is 6.61 Å². The van der Waals surface area contributed by atoms with Gasteiger partial charge in [0.05, 0.1) is 12.6 Å². The Morgan fingerprint density at radius 3 is 2.44 bits per heavy atom. The second-order valence-corrected chi connectivity index (χ2v) is 5.37. The molecule has 0 radical (unpaired) electrons. The standard InChI is InChI=1S/C14H18N2OS/c1-3-17-12-7-5-11(6-8-12)14(16-15)13-9-4-10(2)18-13/h4-9,14,16H,3,15H2,1-2H3. The number of hydrazine groups is 1. The molecule has 0 amide bonds. The number of hydrogen-bond donors (Lipinski definition) is 2. The van der Waals surface area contributed by atoms with Gasteiger partial charge >= 0.3 is 0 Å². The second-order valence-electron chi connectivity index (χ2n) is 4.05. The van der Waals surface area contributed by atoms with Gasteiger partial charge in [0.2, 0.25) is 0 Å². The van der Waals surface area contributed by atoms with E-state index in [2.05, 4.69) is 24.5 Å². The highest BCUT2D eigenvalue weighted by molar-refractivity contribution is 7.12. The van der Waals surface area contributed by atoms with Crippen LogP contribution in [0.25, 0.3) is 0 Å². The summed E-state index contributed by atoms with van der Waals surface area (Å²) >= 11 is 1.76. The normalized spacial score (nSPS) is 12.4. The minimum absolute atomic E-state index is 0.0411. The lowest BCUT2D eigenvalue weighted by molar-refractivity contribution is 0.340. The summed E-state index contributed by atoms with van der Waals surface area (Å²) in [6, 6.07) is 12.3. The lowest BCUT2D eigenvalue weighted by Gasteiger charge is -2.15. The summed E-state index contributed by atoms with van der Waals surface area (Å²) in [5.74, 6) is 6.56. The number of aryl methyl sites for hydroxylation is 1. The highest BCUT2D eigenvalue weighted by atomic mass is 32.1. The first kappa shape index (κ1) is 13.1. The molecule has 0 aliphatic carbocycles. The fourth-order valence-electron chi connectivity index (χ4n) is 1.87. The smallest absolute Gasteiger partial charge is 0.119 e. The molecule has 1 unspecified atom stereocenters. The predicted octanol–water partition coefficient (Wildman–Crippen LogP) is 3.01. The zero-order valence-electron chi connectivity index (χ0n) is 10.6. The Morgan fingerprint density at radius 1 is 1.22 bits per heavy atom. The molecule has 1 aromatic carbocycles. The van der Waals surface area contributed by atoms with E-state index >= 15 is 0 Å². The van der Waals surface area contributed by atoms with Gasteiger partial charge in [-0.3, -0.25) is 5.84 Å². The van der Waals surface area contributed by atoms with Crippen LogP contribution in [0.1, 0.15) is 28.3 Å². The molecule has 0 spiro atoms. The third kappa shape index (κ3) is 2.90. The molecule has 0 bridgehead atoms. The topological polar surface area (TPSA) is 47.3 Å². The summed E-state index contributed by atoms with van der Waals surface area (Å²) < 4.78 is 5.43. The van der Waals surface area contributed by atoms with E-state index in [1.54, 1.807) is 11.3 Å². The van der Waals surface area contributed by atoms with Crippen LogP contribution in [0.2, 0.25) is 0 Å². The Labute approximate surface area is 112 Å². The van der Waals surface area contributed by atoms with Gasteiger partial charge in [-0.15, -0.1) is 11.3 Å². The zero-order valence-corrected chi connectivity index (χ0v) is 11.5. The van der Waals surface area contributed by atoms with Crippen molar-refractivity contribution in [2.45, 2.75) is 19.9 Å². The fourth-order valence-corrected chi connectivity index (χ4v) is 2.84. The summed E-state index contributed by atoms with van der Waals surface area (Å²) in [4.78, 5) is 2.51. The first-order valence-corrected chi connectivity index (χ1v) is 6.81. The van der Waals surface area contributed by atoms with Crippen LogP contribution in [0.15, 0.2) is 36.4 Å². The molecule has 2 rings (SSSR count). The molecule has 0 aliphatic heterocycles. The first-order valence-electron chi connectivity index (χ1n) is 5.99. The minimum atomic E-state index is 0.0411. The first-order chi connectivity index (χ1) is 8.74. The molecule has 1 atom stereocenters. The quantitative estimate of drug-likeness (QED) is 0.643. The molecule has 0 saturated carbocycles. The zero-order chi connectivity index (χ0) is 13.0. The van der Waals surface area contributed by atoms with Crippen molar-refractivity contribution >= 4 is 11.3 Å². The third-order valence-electron chi connectivity index (χ3n) is 2.74. The van der Waals surface area contributed by atoms with Crippen LogP contribution >= 0.6 is 11.3 Å². The maximum absolute atomic E-state index is 5.67. The monoisotopic (exact) mass is 262 g/mol. The van der Waals surface area contributed by atoms with Gasteiger partial charge in [-0.05, 0) is 43.7 Å². The second kappa shape index (κ2) is 6.00. The summed E-state index contributed by atoms with van der Waals surface area (Å²) in [5, 5.41) is 0. The predicted molar refractivity (Wildman–Crippen MR) is 75.8 cm³/mol. The van der Waals surface area contributed by atoms with Crippen LogP contribution in [0.4, 0.5) is 0 Å². The Bertz CT molecular complexity index is 493. The van der Waals surface area contributed by atoms with Gasteiger partial charge in [0.15, 0.2) is 0 Å². The number of nitrogens with two attached hydrogens (primary N) is 1. The number of thiophene rings is 1. The molecule has 3 N–H and O–H groups in total. The van der Waals surface area contributed by atoms with E-state index in [0.717, 1.165) is 11.3 Å². The van der Waals surface area contributed by atoms with Crippen molar-refractivity contribution < 1.29 is 4.74 Å². The Hall–Kier alpha value is -1.36. The SMILES string of the molecule is CCOc1ccc(C(NN)c2ccc(C)s2)cc1. The number of ether oxygens (including phenoxy) is 1. The number of nitrogens with one attached hydrogen (secondary N) is 1. The largest absolute Gasteiger partial charge is 0.494 e. The number of rotatable bonds is 5. The molecule has 0 fully saturated rings. The highest BCUT2D eigenvalue weighted by Gasteiger charge is 2.14.